The van der Waals surface area contributed by atoms with Crippen molar-refractivity contribution in [3.8, 4) is 0 Å². The van der Waals surface area contributed by atoms with Crippen LogP contribution in [0.1, 0.15) is 57.7 Å². The maximum absolute atomic E-state index is 5.98. The van der Waals surface area contributed by atoms with Gasteiger partial charge in [-0.3, -0.25) is 5.84 Å². The van der Waals surface area contributed by atoms with E-state index in [2.05, 4.69) is 48.6 Å². The fourth-order valence-corrected chi connectivity index (χ4v) is 3.88. The zero-order chi connectivity index (χ0) is 15.5. The predicted octanol–water partition coefficient (Wildman–Crippen LogP) is 1.70. The number of nitrogens with zero attached hydrogens (tertiary/aromatic N) is 4. The molecule has 2 rings (SSSR count). The lowest BCUT2D eigenvalue weighted by Crippen LogP contribution is -2.57. The molecular weight excluding hydrogens is 264 g/mol. The molecule has 6 heteroatoms. The van der Waals surface area contributed by atoms with Gasteiger partial charge in [-0.05, 0) is 39.3 Å². The molecule has 1 aromatic rings. The second kappa shape index (κ2) is 6.85. The van der Waals surface area contributed by atoms with Crippen LogP contribution in [0.2, 0.25) is 0 Å². The summed E-state index contributed by atoms with van der Waals surface area (Å²) in [7, 11) is 4.33. The Kier molecular flexibility index (Phi) is 5.35. The van der Waals surface area contributed by atoms with Gasteiger partial charge in [0.2, 0.25) is 0 Å². The van der Waals surface area contributed by atoms with Crippen LogP contribution in [-0.4, -0.2) is 39.5 Å². The van der Waals surface area contributed by atoms with Crippen molar-refractivity contribution in [3.63, 3.8) is 0 Å². The van der Waals surface area contributed by atoms with Crippen molar-refractivity contribution in [2.45, 2.75) is 64.1 Å². The first kappa shape index (κ1) is 16.4. The van der Waals surface area contributed by atoms with Gasteiger partial charge in [-0.25, -0.2) is 10.1 Å². The molecule has 3 atom stereocenters. The van der Waals surface area contributed by atoms with E-state index in [0.29, 0.717) is 5.92 Å². The first-order chi connectivity index (χ1) is 10.0. The van der Waals surface area contributed by atoms with Crippen LogP contribution in [0.4, 0.5) is 0 Å². The van der Waals surface area contributed by atoms with E-state index < -0.39 is 0 Å². The van der Waals surface area contributed by atoms with Crippen molar-refractivity contribution < 1.29 is 0 Å². The van der Waals surface area contributed by atoms with Crippen molar-refractivity contribution in [1.82, 2.24) is 25.3 Å². The number of nitrogens with two attached hydrogens (primary N) is 1. The van der Waals surface area contributed by atoms with Crippen molar-refractivity contribution in [3.05, 3.63) is 11.9 Å². The van der Waals surface area contributed by atoms with E-state index in [-0.39, 0.29) is 11.6 Å². The maximum Gasteiger partial charge on any atom is 0.0828 e. The third-order valence-corrected chi connectivity index (χ3v) is 4.98. The van der Waals surface area contributed by atoms with E-state index in [1.165, 1.54) is 12.8 Å². The summed E-state index contributed by atoms with van der Waals surface area (Å²) in [4.78, 5) is 2.34. The Hall–Kier alpha value is -0.980. The van der Waals surface area contributed by atoms with E-state index >= 15 is 0 Å². The molecule has 0 radical (unpaired) electrons. The number of hydrogen-bond donors (Lipinski definition) is 2. The summed E-state index contributed by atoms with van der Waals surface area (Å²) in [5.41, 5.74) is 4.20. The minimum Gasteiger partial charge on any atom is -0.302 e. The smallest absolute Gasteiger partial charge is 0.0828 e. The third-order valence-electron chi connectivity index (χ3n) is 4.98. The van der Waals surface area contributed by atoms with Crippen molar-refractivity contribution >= 4 is 0 Å². The number of nitrogens with one attached hydrogen (secondary N) is 1. The van der Waals surface area contributed by atoms with Gasteiger partial charge in [-0.1, -0.05) is 31.9 Å². The molecule has 0 aromatic carbocycles. The second-order valence-electron chi connectivity index (χ2n) is 6.68. The summed E-state index contributed by atoms with van der Waals surface area (Å²) in [6.45, 7) is 5.37. The fourth-order valence-electron chi connectivity index (χ4n) is 3.88. The first-order valence-corrected chi connectivity index (χ1v) is 8.07. The highest BCUT2D eigenvalue weighted by molar-refractivity contribution is 5.14. The summed E-state index contributed by atoms with van der Waals surface area (Å²) in [5.74, 6) is 6.70. The summed E-state index contributed by atoms with van der Waals surface area (Å²) >= 11 is 0. The zero-order valence-corrected chi connectivity index (χ0v) is 13.8. The molecule has 0 aliphatic heterocycles. The number of hydrogen-bond acceptors (Lipinski definition) is 5. The molecule has 1 fully saturated rings. The minimum atomic E-state index is 0.0274. The van der Waals surface area contributed by atoms with Gasteiger partial charge < -0.3 is 4.90 Å². The van der Waals surface area contributed by atoms with Crippen LogP contribution in [-0.2, 0) is 6.54 Å². The quantitative estimate of drug-likeness (QED) is 0.617. The van der Waals surface area contributed by atoms with Crippen LogP contribution in [0.5, 0.6) is 0 Å². The maximum atomic E-state index is 5.98. The first-order valence-electron chi connectivity index (χ1n) is 8.07. The lowest BCUT2D eigenvalue weighted by Gasteiger charge is -2.49. The predicted molar refractivity (Wildman–Crippen MR) is 84.4 cm³/mol. The number of likely N-dealkylation sites (N-methyl/N-ethyl adjacent to an activating group) is 1. The molecule has 3 N–H and O–H groups in total. The number of aromatic nitrogens is 3. The Morgan fingerprint density at radius 2 is 2.33 bits per heavy atom. The Morgan fingerprint density at radius 1 is 1.57 bits per heavy atom. The van der Waals surface area contributed by atoms with E-state index in [1.807, 2.05) is 10.9 Å². The zero-order valence-electron chi connectivity index (χ0n) is 13.8. The molecule has 0 spiro atoms. The van der Waals surface area contributed by atoms with Crippen LogP contribution in [0, 0.1) is 5.92 Å². The van der Waals surface area contributed by atoms with Crippen molar-refractivity contribution in [2.75, 3.05) is 14.1 Å². The monoisotopic (exact) mass is 294 g/mol. The molecule has 21 heavy (non-hydrogen) atoms. The van der Waals surface area contributed by atoms with Gasteiger partial charge in [0.05, 0.1) is 17.9 Å². The largest absolute Gasteiger partial charge is 0.302 e. The minimum absolute atomic E-state index is 0.0274. The summed E-state index contributed by atoms with van der Waals surface area (Å²) in [6, 6.07) is 0.0526. The molecule has 3 unspecified atom stereocenters. The Balaban J connectivity index is 2.38. The molecule has 120 valence electrons. The lowest BCUT2D eigenvalue weighted by molar-refractivity contribution is 0.0336. The number of aryl methyl sites for hydroxylation is 1. The summed E-state index contributed by atoms with van der Waals surface area (Å²) < 4.78 is 2.00. The number of rotatable bonds is 6. The summed E-state index contributed by atoms with van der Waals surface area (Å²) in [6.07, 6.45) is 7.75. The van der Waals surface area contributed by atoms with Gasteiger partial charge in [-0.2, -0.15) is 0 Å². The van der Waals surface area contributed by atoms with E-state index in [1.54, 1.807) is 0 Å². The molecule has 6 nitrogen and oxygen atoms in total. The molecule has 1 heterocycles. The number of hydrazine groups is 1. The lowest BCUT2D eigenvalue weighted by atomic mass is 9.70. The van der Waals surface area contributed by atoms with E-state index in [0.717, 1.165) is 31.5 Å². The Labute approximate surface area is 128 Å². The molecule has 0 amide bonds. The molecule has 0 saturated heterocycles. The van der Waals surface area contributed by atoms with Gasteiger partial charge in [0.1, 0.15) is 0 Å². The van der Waals surface area contributed by atoms with Gasteiger partial charge in [0, 0.05) is 12.1 Å². The SMILES string of the molecule is CCCn1nncc1C(NN)C1(N(C)C)CCCC(C)C1. The van der Waals surface area contributed by atoms with Crippen LogP contribution >= 0.6 is 0 Å². The normalized spacial score (nSPS) is 28.0. The average molecular weight is 294 g/mol. The Bertz CT molecular complexity index is 443. The van der Waals surface area contributed by atoms with Gasteiger partial charge in [0.25, 0.3) is 0 Å². The van der Waals surface area contributed by atoms with Gasteiger partial charge in [0.15, 0.2) is 0 Å². The fraction of sp³-hybridized carbons (Fsp3) is 0.867. The molecule has 1 aliphatic carbocycles. The van der Waals surface area contributed by atoms with E-state index in [4.69, 9.17) is 5.84 Å². The highest BCUT2D eigenvalue weighted by atomic mass is 15.4. The van der Waals surface area contributed by atoms with Crippen LogP contribution in [0.25, 0.3) is 0 Å². The highest BCUT2D eigenvalue weighted by Gasteiger charge is 2.45. The molecule has 0 bridgehead atoms. The molecule has 1 saturated carbocycles. The van der Waals surface area contributed by atoms with E-state index in [9.17, 15) is 0 Å². The second-order valence-corrected chi connectivity index (χ2v) is 6.68. The van der Waals surface area contributed by atoms with Gasteiger partial charge in [-0.15, -0.1) is 5.10 Å². The van der Waals surface area contributed by atoms with Gasteiger partial charge >= 0.3 is 0 Å². The van der Waals surface area contributed by atoms with Crippen LogP contribution < -0.4 is 11.3 Å². The molecule has 1 aromatic heterocycles. The van der Waals surface area contributed by atoms with Crippen molar-refractivity contribution in [2.24, 2.45) is 11.8 Å². The standard InChI is InChI=1S/C15H30N6/c1-5-9-21-13(11-17-19-21)14(18-16)15(20(3)4)8-6-7-12(2)10-15/h11-12,14,18H,5-10,16H2,1-4H3. The van der Waals surface area contributed by atoms with Crippen LogP contribution in [0.3, 0.4) is 0 Å². The molecular formula is C15H30N6. The topological polar surface area (TPSA) is 72.0 Å². The highest BCUT2D eigenvalue weighted by Crippen LogP contribution is 2.43. The van der Waals surface area contributed by atoms with Crippen molar-refractivity contribution in [1.29, 1.82) is 0 Å². The molecule has 1 aliphatic rings. The average Bonchev–Trinajstić information content (AvgIpc) is 2.88. The summed E-state index contributed by atoms with van der Waals surface area (Å²) in [5, 5.41) is 8.34. The Morgan fingerprint density at radius 3 is 2.90 bits per heavy atom. The van der Waals surface area contributed by atoms with Crippen LogP contribution in [0.15, 0.2) is 6.20 Å². The third kappa shape index (κ3) is 3.12.